The van der Waals surface area contributed by atoms with E-state index >= 15 is 0 Å². The summed E-state index contributed by atoms with van der Waals surface area (Å²) in [5.41, 5.74) is 1.52. The number of hydrogen-bond donors (Lipinski definition) is 0. The monoisotopic (exact) mass is 138 g/mol. The van der Waals surface area contributed by atoms with Crippen molar-refractivity contribution < 1.29 is 0 Å². The first-order chi connectivity index (χ1) is 4.56. The lowest BCUT2D eigenvalue weighted by Crippen LogP contribution is -2.18. The minimum Gasteiger partial charge on any atom is -0.0625 e. The van der Waals surface area contributed by atoms with Crippen molar-refractivity contribution in [3.05, 3.63) is 0 Å². The van der Waals surface area contributed by atoms with Crippen LogP contribution in [0.25, 0.3) is 0 Å². The molecule has 2 aliphatic carbocycles. The molecule has 2 rings (SSSR count). The van der Waals surface area contributed by atoms with E-state index in [0.717, 1.165) is 16.7 Å². The van der Waals surface area contributed by atoms with E-state index in [2.05, 4.69) is 20.8 Å². The number of rotatable bonds is 0. The second kappa shape index (κ2) is 1.60. The average molecular weight is 138 g/mol. The van der Waals surface area contributed by atoms with Gasteiger partial charge in [0.2, 0.25) is 0 Å². The Bertz CT molecular complexity index is 161. The lowest BCUT2D eigenvalue weighted by molar-refractivity contribution is 0.220. The standard InChI is InChI=1S/C10H18/c1-8-4-5-9(2)7-10(9,3)6-8/h8H,4-7H2,1-3H3. The van der Waals surface area contributed by atoms with Crippen LogP contribution >= 0.6 is 0 Å². The van der Waals surface area contributed by atoms with E-state index in [1.165, 1.54) is 25.7 Å². The Labute approximate surface area is 64.0 Å². The minimum absolute atomic E-state index is 0.755. The van der Waals surface area contributed by atoms with Crippen LogP contribution in [0.1, 0.15) is 46.5 Å². The Hall–Kier alpha value is 0. The van der Waals surface area contributed by atoms with Gasteiger partial charge in [-0.2, -0.15) is 0 Å². The molecule has 0 aliphatic heterocycles. The van der Waals surface area contributed by atoms with Crippen LogP contribution in [0.5, 0.6) is 0 Å². The molecule has 0 heteroatoms. The van der Waals surface area contributed by atoms with Gasteiger partial charge >= 0.3 is 0 Å². The van der Waals surface area contributed by atoms with Crippen LogP contribution < -0.4 is 0 Å². The van der Waals surface area contributed by atoms with Crippen molar-refractivity contribution >= 4 is 0 Å². The van der Waals surface area contributed by atoms with Crippen LogP contribution in [0.4, 0.5) is 0 Å². The molecule has 0 bridgehead atoms. The molecule has 0 heterocycles. The van der Waals surface area contributed by atoms with Crippen molar-refractivity contribution in [3.8, 4) is 0 Å². The van der Waals surface area contributed by atoms with Crippen LogP contribution in [-0.4, -0.2) is 0 Å². The summed E-state index contributed by atoms with van der Waals surface area (Å²) in [5, 5.41) is 0. The predicted octanol–water partition coefficient (Wildman–Crippen LogP) is 3.22. The number of fused-ring (bicyclic) bond motifs is 1. The molecule has 3 atom stereocenters. The molecule has 0 aromatic carbocycles. The Morgan fingerprint density at radius 1 is 1.20 bits per heavy atom. The smallest absolute Gasteiger partial charge is 0.0264 e. The molecule has 0 saturated heterocycles. The van der Waals surface area contributed by atoms with Crippen molar-refractivity contribution in [2.24, 2.45) is 16.7 Å². The maximum absolute atomic E-state index is 2.47. The van der Waals surface area contributed by atoms with Gasteiger partial charge in [-0.1, -0.05) is 27.2 Å². The number of hydrogen-bond acceptors (Lipinski definition) is 0. The fourth-order valence-corrected chi connectivity index (χ4v) is 2.96. The first kappa shape index (κ1) is 6.69. The highest BCUT2D eigenvalue weighted by atomic mass is 14.7. The maximum atomic E-state index is 2.47. The van der Waals surface area contributed by atoms with Crippen molar-refractivity contribution in [1.82, 2.24) is 0 Å². The molecule has 0 spiro atoms. The summed E-state index contributed by atoms with van der Waals surface area (Å²) >= 11 is 0. The van der Waals surface area contributed by atoms with E-state index in [1.807, 2.05) is 0 Å². The van der Waals surface area contributed by atoms with Crippen LogP contribution in [0, 0.1) is 16.7 Å². The Morgan fingerprint density at radius 2 is 1.90 bits per heavy atom. The summed E-state index contributed by atoms with van der Waals surface area (Å²) in [5.74, 6) is 1.00. The fourth-order valence-electron chi connectivity index (χ4n) is 2.96. The molecule has 58 valence electrons. The van der Waals surface area contributed by atoms with Gasteiger partial charge in [0.25, 0.3) is 0 Å². The maximum Gasteiger partial charge on any atom is -0.0264 e. The highest BCUT2D eigenvalue weighted by Gasteiger charge is 2.61. The minimum atomic E-state index is 0.755. The lowest BCUT2D eigenvalue weighted by Gasteiger charge is -2.28. The van der Waals surface area contributed by atoms with E-state index in [1.54, 1.807) is 0 Å². The molecule has 2 fully saturated rings. The van der Waals surface area contributed by atoms with E-state index in [-0.39, 0.29) is 0 Å². The van der Waals surface area contributed by atoms with E-state index in [0.29, 0.717) is 0 Å². The molecular formula is C10H18. The van der Waals surface area contributed by atoms with Gasteiger partial charge in [0.15, 0.2) is 0 Å². The quantitative estimate of drug-likeness (QED) is 0.482. The van der Waals surface area contributed by atoms with Crippen LogP contribution in [0.2, 0.25) is 0 Å². The van der Waals surface area contributed by atoms with Gasteiger partial charge in [0, 0.05) is 0 Å². The van der Waals surface area contributed by atoms with Gasteiger partial charge in [0.1, 0.15) is 0 Å². The summed E-state index contributed by atoms with van der Waals surface area (Å²) in [4.78, 5) is 0. The second-order valence-corrected chi connectivity index (χ2v) is 5.15. The van der Waals surface area contributed by atoms with Crippen molar-refractivity contribution in [2.45, 2.75) is 46.5 Å². The normalized spacial score (nSPS) is 59.7. The Morgan fingerprint density at radius 3 is 2.40 bits per heavy atom. The molecule has 0 amide bonds. The van der Waals surface area contributed by atoms with Crippen LogP contribution in [0.3, 0.4) is 0 Å². The third-order valence-electron chi connectivity index (χ3n) is 4.10. The first-order valence-electron chi connectivity index (χ1n) is 4.56. The summed E-state index contributed by atoms with van der Waals surface area (Å²) in [7, 11) is 0. The van der Waals surface area contributed by atoms with E-state index < -0.39 is 0 Å². The van der Waals surface area contributed by atoms with Gasteiger partial charge in [-0.25, -0.2) is 0 Å². The highest BCUT2D eigenvalue weighted by molar-refractivity contribution is 5.11. The summed E-state index contributed by atoms with van der Waals surface area (Å²) in [6.07, 6.45) is 5.96. The molecule has 2 aliphatic rings. The summed E-state index contributed by atoms with van der Waals surface area (Å²) in [6, 6.07) is 0. The van der Waals surface area contributed by atoms with Crippen molar-refractivity contribution in [2.75, 3.05) is 0 Å². The van der Waals surface area contributed by atoms with Gasteiger partial charge in [-0.3, -0.25) is 0 Å². The van der Waals surface area contributed by atoms with Crippen molar-refractivity contribution in [3.63, 3.8) is 0 Å². The molecule has 0 radical (unpaired) electrons. The van der Waals surface area contributed by atoms with Gasteiger partial charge in [-0.15, -0.1) is 0 Å². The topological polar surface area (TPSA) is 0 Å². The van der Waals surface area contributed by atoms with Crippen LogP contribution in [-0.2, 0) is 0 Å². The molecule has 3 unspecified atom stereocenters. The molecule has 10 heavy (non-hydrogen) atoms. The zero-order valence-electron chi connectivity index (χ0n) is 7.41. The summed E-state index contributed by atoms with van der Waals surface area (Å²) in [6.45, 7) is 7.35. The van der Waals surface area contributed by atoms with Crippen LogP contribution in [0.15, 0.2) is 0 Å². The fraction of sp³-hybridized carbons (Fsp3) is 1.00. The average Bonchev–Trinajstić information content (AvgIpc) is 2.33. The van der Waals surface area contributed by atoms with Gasteiger partial charge in [0.05, 0.1) is 0 Å². The predicted molar refractivity (Wildman–Crippen MR) is 43.8 cm³/mol. The molecule has 0 N–H and O–H groups in total. The Balaban J connectivity index is 2.12. The van der Waals surface area contributed by atoms with E-state index in [9.17, 15) is 0 Å². The first-order valence-corrected chi connectivity index (χ1v) is 4.56. The van der Waals surface area contributed by atoms with Gasteiger partial charge < -0.3 is 0 Å². The SMILES string of the molecule is CC1CCC2(C)CC2(C)C1. The molecule has 0 aromatic heterocycles. The molecule has 2 saturated carbocycles. The zero-order valence-corrected chi connectivity index (χ0v) is 7.41. The van der Waals surface area contributed by atoms with E-state index in [4.69, 9.17) is 0 Å². The highest BCUT2D eigenvalue weighted by Crippen LogP contribution is 2.71. The van der Waals surface area contributed by atoms with Crippen molar-refractivity contribution in [1.29, 1.82) is 0 Å². The summed E-state index contributed by atoms with van der Waals surface area (Å²) < 4.78 is 0. The Kier molecular flexibility index (Phi) is 1.07. The molecule has 0 nitrogen and oxygen atoms in total. The molecular weight excluding hydrogens is 120 g/mol. The molecule has 0 aromatic rings. The zero-order chi connectivity index (χ0) is 7.41. The lowest BCUT2D eigenvalue weighted by atomic mass is 9.77. The van der Waals surface area contributed by atoms with Gasteiger partial charge in [-0.05, 0) is 36.0 Å². The third kappa shape index (κ3) is 0.681. The largest absolute Gasteiger partial charge is 0.0625 e. The third-order valence-corrected chi connectivity index (χ3v) is 4.10. The second-order valence-electron chi connectivity index (χ2n) is 5.15.